The standard InChI is InChI=1S/C21H20N2O4/c1-14-10-15-6-2-3-7-17(15)21(25)23(14)12-20(24)22-11-16-13-26-18-8-4-5-9-19(18)27-16/h2-10,16H,11-13H2,1H3,(H,22,24)/t16-/m1/s1. The van der Waals surface area contributed by atoms with Crippen LogP contribution in [0.5, 0.6) is 11.5 Å². The van der Waals surface area contributed by atoms with E-state index in [1.165, 1.54) is 4.57 Å². The van der Waals surface area contributed by atoms with Gasteiger partial charge in [0, 0.05) is 11.1 Å². The molecule has 0 bridgehead atoms. The van der Waals surface area contributed by atoms with Gasteiger partial charge in [-0.2, -0.15) is 0 Å². The lowest BCUT2D eigenvalue weighted by Gasteiger charge is -2.26. The average molecular weight is 364 g/mol. The summed E-state index contributed by atoms with van der Waals surface area (Å²) in [5.74, 6) is 1.14. The van der Waals surface area contributed by atoms with Gasteiger partial charge in [0.2, 0.25) is 5.91 Å². The molecule has 0 radical (unpaired) electrons. The van der Waals surface area contributed by atoms with Crippen LogP contribution in [-0.4, -0.2) is 29.7 Å². The van der Waals surface area contributed by atoms with Crippen LogP contribution in [0.1, 0.15) is 5.69 Å². The number of rotatable bonds is 4. The summed E-state index contributed by atoms with van der Waals surface area (Å²) in [5.41, 5.74) is 0.590. The van der Waals surface area contributed by atoms with Crippen molar-refractivity contribution >= 4 is 16.7 Å². The van der Waals surface area contributed by atoms with Crippen LogP contribution in [0, 0.1) is 6.92 Å². The molecule has 138 valence electrons. The highest BCUT2D eigenvalue weighted by Gasteiger charge is 2.21. The highest BCUT2D eigenvalue weighted by molar-refractivity contribution is 5.82. The Morgan fingerprint density at radius 3 is 2.74 bits per heavy atom. The Kier molecular flexibility index (Phi) is 4.54. The number of aromatic nitrogens is 1. The van der Waals surface area contributed by atoms with Gasteiger partial charge in [-0.15, -0.1) is 0 Å². The second kappa shape index (κ2) is 7.15. The van der Waals surface area contributed by atoms with Crippen LogP contribution in [0.15, 0.2) is 59.4 Å². The first-order valence-corrected chi connectivity index (χ1v) is 8.86. The van der Waals surface area contributed by atoms with Crippen LogP contribution in [-0.2, 0) is 11.3 Å². The Morgan fingerprint density at radius 1 is 1.15 bits per heavy atom. The van der Waals surface area contributed by atoms with E-state index >= 15 is 0 Å². The smallest absolute Gasteiger partial charge is 0.259 e. The third-order valence-electron chi connectivity index (χ3n) is 4.62. The average Bonchev–Trinajstić information content (AvgIpc) is 2.69. The first-order valence-electron chi connectivity index (χ1n) is 8.86. The molecule has 0 unspecified atom stereocenters. The quantitative estimate of drug-likeness (QED) is 0.771. The minimum atomic E-state index is -0.265. The van der Waals surface area contributed by atoms with E-state index in [0.29, 0.717) is 30.0 Å². The van der Waals surface area contributed by atoms with Gasteiger partial charge in [0.1, 0.15) is 19.3 Å². The predicted molar refractivity (Wildman–Crippen MR) is 102 cm³/mol. The van der Waals surface area contributed by atoms with Gasteiger partial charge in [-0.3, -0.25) is 9.59 Å². The summed E-state index contributed by atoms with van der Waals surface area (Å²) in [6, 6.07) is 16.7. The maximum atomic E-state index is 12.7. The number of fused-ring (bicyclic) bond motifs is 2. The van der Waals surface area contributed by atoms with Gasteiger partial charge in [0.25, 0.3) is 5.56 Å². The van der Waals surface area contributed by atoms with E-state index in [1.807, 2.05) is 55.5 Å². The molecule has 6 heteroatoms. The Labute approximate surface area is 156 Å². The number of carbonyl (C=O) groups excluding carboxylic acids is 1. The predicted octanol–water partition coefficient (Wildman–Crippen LogP) is 2.27. The first kappa shape index (κ1) is 17.1. The van der Waals surface area contributed by atoms with Gasteiger partial charge in [-0.1, -0.05) is 30.3 Å². The molecule has 0 aliphatic carbocycles. The van der Waals surface area contributed by atoms with Gasteiger partial charge in [0.15, 0.2) is 11.5 Å². The summed E-state index contributed by atoms with van der Waals surface area (Å²) < 4.78 is 13.0. The zero-order chi connectivity index (χ0) is 18.8. The number of hydrogen-bond acceptors (Lipinski definition) is 4. The third kappa shape index (κ3) is 3.51. The van der Waals surface area contributed by atoms with Crippen molar-refractivity contribution in [3.63, 3.8) is 0 Å². The van der Waals surface area contributed by atoms with E-state index in [9.17, 15) is 9.59 Å². The van der Waals surface area contributed by atoms with E-state index in [0.717, 1.165) is 11.1 Å². The molecule has 2 heterocycles. The van der Waals surface area contributed by atoms with Gasteiger partial charge in [-0.25, -0.2) is 0 Å². The maximum Gasteiger partial charge on any atom is 0.259 e. The second-order valence-electron chi connectivity index (χ2n) is 6.57. The van der Waals surface area contributed by atoms with E-state index in [2.05, 4.69) is 5.32 Å². The van der Waals surface area contributed by atoms with Gasteiger partial charge in [-0.05, 0) is 36.6 Å². The monoisotopic (exact) mass is 364 g/mol. The molecule has 4 rings (SSSR count). The SMILES string of the molecule is Cc1cc2ccccc2c(=O)n1CC(=O)NC[C@@H]1COc2ccccc2O1. The lowest BCUT2D eigenvalue weighted by molar-refractivity contribution is -0.122. The minimum Gasteiger partial charge on any atom is -0.486 e. The van der Waals surface area contributed by atoms with Crippen LogP contribution in [0.3, 0.4) is 0 Å². The van der Waals surface area contributed by atoms with Crippen molar-refractivity contribution in [2.45, 2.75) is 19.6 Å². The van der Waals surface area contributed by atoms with Crippen molar-refractivity contribution in [3.05, 3.63) is 70.6 Å². The lowest BCUT2D eigenvalue weighted by Crippen LogP contribution is -2.42. The molecule has 0 saturated carbocycles. The van der Waals surface area contributed by atoms with E-state index in [1.54, 1.807) is 6.07 Å². The van der Waals surface area contributed by atoms with E-state index in [-0.39, 0.29) is 24.1 Å². The normalized spacial score (nSPS) is 15.5. The number of pyridine rings is 1. The Morgan fingerprint density at radius 2 is 1.89 bits per heavy atom. The minimum absolute atomic E-state index is 0.0281. The van der Waals surface area contributed by atoms with Crippen molar-refractivity contribution in [1.82, 2.24) is 9.88 Å². The largest absolute Gasteiger partial charge is 0.486 e. The highest BCUT2D eigenvalue weighted by Crippen LogP contribution is 2.30. The fourth-order valence-electron chi connectivity index (χ4n) is 3.21. The summed E-state index contributed by atoms with van der Waals surface area (Å²) >= 11 is 0. The third-order valence-corrected chi connectivity index (χ3v) is 4.62. The molecule has 1 aliphatic heterocycles. The molecule has 3 aromatic rings. The van der Waals surface area contributed by atoms with Crippen LogP contribution in [0.25, 0.3) is 10.8 Å². The Hall–Kier alpha value is -3.28. The lowest BCUT2D eigenvalue weighted by atomic mass is 10.1. The van der Waals surface area contributed by atoms with Crippen molar-refractivity contribution < 1.29 is 14.3 Å². The fourth-order valence-corrected chi connectivity index (χ4v) is 3.21. The molecule has 1 amide bonds. The van der Waals surface area contributed by atoms with E-state index < -0.39 is 0 Å². The molecule has 0 spiro atoms. The highest BCUT2D eigenvalue weighted by atomic mass is 16.6. The molecule has 1 N–H and O–H groups in total. The molecule has 0 saturated heterocycles. The molecule has 6 nitrogen and oxygen atoms in total. The summed E-state index contributed by atoms with van der Waals surface area (Å²) in [6.07, 6.45) is -0.265. The Bertz CT molecular complexity index is 1060. The fraction of sp³-hybridized carbons (Fsp3) is 0.238. The number of ether oxygens (including phenoxy) is 2. The van der Waals surface area contributed by atoms with Gasteiger partial charge in [0.05, 0.1) is 6.54 Å². The number of amides is 1. The number of hydrogen-bond donors (Lipinski definition) is 1. The van der Waals surface area contributed by atoms with Gasteiger partial charge >= 0.3 is 0 Å². The topological polar surface area (TPSA) is 69.6 Å². The molecule has 2 aromatic carbocycles. The summed E-state index contributed by atoms with van der Waals surface area (Å²) in [5, 5.41) is 4.32. The molecule has 1 aliphatic rings. The summed E-state index contributed by atoms with van der Waals surface area (Å²) in [6.45, 7) is 2.48. The summed E-state index contributed by atoms with van der Waals surface area (Å²) in [7, 11) is 0. The van der Waals surface area contributed by atoms with Crippen LogP contribution < -0.4 is 20.3 Å². The molecule has 1 atom stereocenters. The van der Waals surface area contributed by atoms with Crippen molar-refractivity contribution in [1.29, 1.82) is 0 Å². The number of para-hydroxylation sites is 2. The molecule has 27 heavy (non-hydrogen) atoms. The van der Waals surface area contributed by atoms with Crippen molar-refractivity contribution in [2.24, 2.45) is 0 Å². The number of benzene rings is 2. The van der Waals surface area contributed by atoms with Crippen molar-refractivity contribution in [2.75, 3.05) is 13.2 Å². The summed E-state index contributed by atoms with van der Waals surface area (Å²) in [4.78, 5) is 25.0. The number of nitrogens with one attached hydrogen (secondary N) is 1. The first-order chi connectivity index (χ1) is 13.1. The van der Waals surface area contributed by atoms with Crippen LogP contribution >= 0.6 is 0 Å². The van der Waals surface area contributed by atoms with Gasteiger partial charge < -0.3 is 19.4 Å². The number of carbonyl (C=O) groups is 1. The maximum absolute atomic E-state index is 12.7. The van der Waals surface area contributed by atoms with Crippen LogP contribution in [0.4, 0.5) is 0 Å². The molecular formula is C21H20N2O4. The van der Waals surface area contributed by atoms with E-state index in [4.69, 9.17) is 9.47 Å². The number of nitrogens with zero attached hydrogens (tertiary/aromatic N) is 1. The number of aryl methyl sites for hydroxylation is 1. The second-order valence-corrected chi connectivity index (χ2v) is 6.57. The Balaban J connectivity index is 1.42. The van der Waals surface area contributed by atoms with Crippen molar-refractivity contribution in [3.8, 4) is 11.5 Å². The zero-order valence-electron chi connectivity index (χ0n) is 15.0. The van der Waals surface area contributed by atoms with Crippen LogP contribution in [0.2, 0.25) is 0 Å². The molecular weight excluding hydrogens is 344 g/mol. The molecule has 0 fully saturated rings. The zero-order valence-corrected chi connectivity index (χ0v) is 15.0. The molecule has 1 aromatic heterocycles.